The van der Waals surface area contributed by atoms with Crippen LogP contribution in [0.3, 0.4) is 0 Å². The average Bonchev–Trinajstić information content (AvgIpc) is 2.63. The van der Waals surface area contributed by atoms with Gasteiger partial charge in [0.15, 0.2) is 0 Å². The molecule has 16 heavy (non-hydrogen) atoms. The number of nitrogens with zero attached hydrogens (tertiary/aromatic N) is 4. The molecule has 2 aromatic rings. The van der Waals surface area contributed by atoms with Crippen LogP contribution >= 0.6 is 22.6 Å². The highest BCUT2D eigenvalue weighted by Crippen LogP contribution is 2.24. The van der Waals surface area contributed by atoms with Crippen LogP contribution in [0.2, 0.25) is 0 Å². The Bertz CT molecular complexity index is 552. The SMILES string of the molecule is Cc1ccnc(-n2cc(I)cn2)c1[N+](=O)[O-]. The second-order valence-electron chi connectivity index (χ2n) is 3.16. The molecule has 0 aliphatic rings. The highest BCUT2D eigenvalue weighted by Gasteiger charge is 2.20. The Kier molecular flexibility index (Phi) is 2.86. The fraction of sp³-hybridized carbons (Fsp3) is 0.111. The van der Waals surface area contributed by atoms with Gasteiger partial charge in [-0.05, 0) is 35.6 Å². The van der Waals surface area contributed by atoms with E-state index in [4.69, 9.17) is 0 Å². The topological polar surface area (TPSA) is 73.8 Å². The molecule has 0 bridgehead atoms. The van der Waals surface area contributed by atoms with E-state index in [1.807, 2.05) is 0 Å². The van der Waals surface area contributed by atoms with Crippen LogP contribution in [-0.2, 0) is 0 Å². The summed E-state index contributed by atoms with van der Waals surface area (Å²) in [5.74, 6) is 0.243. The zero-order valence-corrected chi connectivity index (χ0v) is 10.5. The van der Waals surface area contributed by atoms with Crippen molar-refractivity contribution in [3.8, 4) is 5.82 Å². The lowest BCUT2D eigenvalue weighted by molar-refractivity contribution is -0.385. The van der Waals surface area contributed by atoms with Gasteiger partial charge in [0.1, 0.15) is 0 Å². The summed E-state index contributed by atoms with van der Waals surface area (Å²) in [6, 6.07) is 1.61. The average molecular weight is 330 g/mol. The standard InChI is InChI=1S/C9H7IN4O2/c1-6-2-3-11-9(8(6)14(15)16)13-5-7(10)4-12-13/h2-5H,1H3. The number of nitro groups is 1. The van der Waals surface area contributed by atoms with Gasteiger partial charge >= 0.3 is 5.69 Å². The summed E-state index contributed by atoms with van der Waals surface area (Å²) < 4.78 is 2.31. The van der Waals surface area contributed by atoms with E-state index in [2.05, 4.69) is 32.7 Å². The molecule has 0 aliphatic heterocycles. The zero-order valence-electron chi connectivity index (χ0n) is 8.29. The number of aromatic nitrogens is 3. The Morgan fingerprint density at radius 1 is 1.56 bits per heavy atom. The Hall–Kier alpha value is -1.51. The third-order valence-electron chi connectivity index (χ3n) is 2.06. The van der Waals surface area contributed by atoms with E-state index < -0.39 is 4.92 Å². The molecule has 0 amide bonds. The van der Waals surface area contributed by atoms with Crippen molar-refractivity contribution in [2.24, 2.45) is 0 Å². The summed E-state index contributed by atoms with van der Waals surface area (Å²) in [5, 5.41) is 15.0. The molecule has 0 fully saturated rings. The maximum Gasteiger partial charge on any atom is 0.316 e. The van der Waals surface area contributed by atoms with Gasteiger partial charge in [0.05, 0.1) is 14.7 Å². The van der Waals surface area contributed by atoms with Crippen LogP contribution in [0.4, 0.5) is 5.69 Å². The van der Waals surface area contributed by atoms with Crippen LogP contribution in [0.5, 0.6) is 0 Å². The first-order valence-corrected chi connectivity index (χ1v) is 5.48. The predicted molar refractivity (Wildman–Crippen MR) is 65.5 cm³/mol. The van der Waals surface area contributed by atoms with Gasteiger partial charge in [-0.15, -0.1) is 0 Å². The summed E-state index contributed by atoms with van der Waals surface area (Å²) in [7, 11) is 0. The number of halogens is 1. The molecule has 7 heteroatoms. The summed E-state index contributed by atoms with van der Waals surface area (Å²) in [6.07, 6.45) is 4.84. The van der Waals surface area contributed by atoms with Gasteiger partial charge in [-0.3, -0.25) is 10.1 Å². The van der Waals surface area contributed by atoms with Crippen molar-refractivity contribution in [1.29, 1.82) is 0 Å². The molecular weight excluding hydrogens is 323 g/mol. The normalized spacial score (nSPS) is 10.4. The lowest BCUT2D eigenvalue weighted by Crippen LogP contribution is -2.04. The molecule has 0 radical (unpaired) electrons. The van der Waals surface area contributed by atoms with Crippen molar-refractivity contribution in [3.63, 3.8) is 0 Å². The van der Waals surface area contributed by atoms with Gasteiger partial charge in [0.25, 0.3) is 0 Å². The second kappa shape index (κ2) is 4.16. The molecule has 2 heterocycles. The second-order valence-corrected chi connectivity index (χ2v) is 4.41. The first-order chi connectivity index (χ1) is 7.59. The van der Waals surface area contributed by atoms with Gasteiger partial charge in [0, 0.05) is 18.0 Å². The monoisotopic (exact) mass is 330 g/mol. The van der Waals surface area contributed by atoms with Crippen LogP contribution in [0.15, 0.2) is 24.7 Å². The molecule has 6 nitrogen and oxygen atoms in total. The third kappa shape index (κ3) is 1.90. The van der Waals surface area contributed by atoms with Crippen LogP contribution in [0.25, 0.3) is 5.82 Å². The molecule has 0 atom stereocenters. The van der Waals surface area contributed by atoms with Crippen molar-refractivity contribution < 1.29 is 4.92 Å². The van der Waals surface area contributed by atoms with Gasteiger partial charge in [-0.2, -0.15) is 5.10 Å². The number of aryl methyl sites for hydroxylation is 1. The fourth-order valence-corrected chi connectivity index (χ4v) is 1.73. The zero-order chi connectivity index (χ0) is 11.7. The first-order valence-electron chi connectivity index (χ1n) is 4.40. The smallest absolute Gasteiger partial charge is 0.258 e. The first kappa shape index (κ1) is 11.0. The highest BCUT2D eigenvalue weighted by molar-refractivity contribution is 14.1. The molecule has 0 aromatic carbocycles. The van der Waals surface area contributed by atoms with Crippen molar-refractivity contribution in [2.45, 2.75) is 6.92 Å². The van der Waals surface area contributed by atoms with Crippen LogP contribution in [0, 0.1) is 20.6 Å². The Morgan fingerprint density at radius 3 is 2.88 bits per heavy atom. The molecule has 0 spiro atoms. The fourth-order valence-electron chi connectivity index (χ4n) is 1.35. The van der Waals surface area contributed by atoms with Crippen molar-refractivity contribution in [1.82, 2.24) is 14.8 Å². The minimum Gasteiger partial charge on any atom is -0.258 e. The Balaban J connectivity index is 2.65. The summed E-state index contributed by atoms with van der Waals surface area (Å²) in [4.78, 5) is 14.5. The maximum atomic E-state index is 10.9. The van der Waals surface area contributed by atoms with E-state index in [0.29, 0.717) is 5.56 Å². The van der Waals surface area contributed by atoms with E-state index in [9.17, 15) is 10.1 Å². The minimum atomic E-state index is -0.438. The van der Waals surface area contributed by atoms with Crippen molar-refractivity contribution >= 4 is 28.3 Å². The molecule has 0 aliphatic carbocycles. The maximum absolute atomic E-state index is 10.9. The van der Waals surface area contributed by atoms with E-state index in [0.717, 1.165) is 3.57 Å². The van der Waals surface area contributed by atoms with E-state index in [-0.39, 0.29) is 11.5 Å². The van der Waals surface area contributed by atoms with E-state index >= 15 is 0 Å². The minimum absolute atomic E-state index is 0.0120. The number of hydrogen-bond acceptors (Lipinski definition) is 4. The lowest BCUT2D eigenvalue weighted by Gasteiger charge is -2.03. The van der Waals surface area contributed by atoms with E-state index in [1.165, 1.54) is 10.9 Å². The van der Waals surface area contributed by atoms with Crippen molar-refractivity contribution in [3.05, 3.63) is 43.9 Å². The van der Waals surface area contributed by atoms with Crippen LogP contribution in [-0.4, -0.2) is 19.7 Å². The lowest BCUT2D eigenvalue weighted by atomic mass is 10.2. The molecule has 2 aromatic heterocycles. The predicted octanol–water partition coefficient (Wildman–Crippen LogP) is 2.09. The molecule has 82 valence electrons. The largest absolute Gasteiger partial charge is 0.316 e. The summed E-state index contributed by atoms with van der Waals surface area (Å²) >= 11 is 2.08. The number of hydrogen-bond donors (Lipinski definition) is 0. The number of rotatable bonds is 2. The van der Waals surface area contributed by atoms with Crippen LogP contribution in [0.1, 0.15) is 5.56 Å². The third-order valence-corrected chi connectivity index (χ3v) is 2.61. The van der Waals surface area contributed by atoms with E-state index in [1.54, 1.807) is 25.4 Å². The quantitative estimate of drug-likeness (QED) is 0.480. The Morgan fingerprint density at radius 2 is 2.31 bits per heavy atom. The number of pyridine rings is 1. The molecule has 0 saturated heterocycles. The highest BCUT2D eigenvalue weighted by atomic mass is 127. The van der Waals surface area contributed by atoms with Gasteiger partial charge in [0.2, 0.25) is 5.82 Å². The summed E-state index contributed by atoms with van der Waals surface area (Å²) in [5.41, 5.74) is 0.558. The van der Waals surface area contributed by atoms with Crippen LogP contribution < -0.4 is 0 Å². The molecular formula is C9H7IN4O2. The van der Waals surface area contributed by atoms with Gasteiger partial charge < -0.3 is 0 Å². The Labute approximate surface area is 105 Å². The summed E-state index contributed by atoms with van der Waals surface area (Å²) in [6.45, 7) is 1.68. The van der Waals surface area contributed by atoms with Gasteiger partial charge in [-0.25, -0.2) is 9.67 Å². The molecule has 0 unspecified atom stereocenters. The molecule has 0 N–H and O–H groups in total. The van der Waals surface area contributed by atoms with Gasteiger partial charge in [-0.1, -0.05) is 0 Å². The molecule has 0 saturated carbocycles. The molecule has 2 rings (SSSR count). The van der Waals surface area contributed by atoms with Crippen molar-refractivity contribution in [2.75, 3.05) is 0 Å².